The Labute approximate surface area is 163 Å². The highest BCUT2D eigenvalue weighted by atomic mass is 16.7. The first-order chi connectivity index (χ1) is 13.3. The van der Waals surface area contributed by atoms with Gasteiger partial charge in [-0.15, -0.1) is 0 Å². The molecule has 3 rings (SSSR count). The van der Waals surface area contributed by atoms with Crippen LogP contribution in [0.2, 0.25) is 0 Å². The molecule has 2 aliphatic rings. The summed E-state index contributed by atoms with van der Waals surface area (Å²) in [7, 11) is 1.74. The molecule has 4 nitrogen and oxygen atoms in total. The molecule has 0 aromatic heterocycles. The van der Waals surface area contributed by atoms with Gasteiger partial charge in [0, 0.05) is 7.11 Å². The van der Waals surface area contributed by atoms with Crippen molar-refractivity contribution in [1.29, 1.82) is 0 Å². The van der Waals surface area contributed by atoms with Crippen LogP contribution < -0.4 is 0 Å². The van der Waals surface area contributed by atoms with Crippen LogP contribution in [0.4, 0.5) is 0 Å². The molecule has 1 aromatic rings. The molecular formula is C23H34O4. The van der Waals surface area contributed by atoms with E-state index in [0.29, 0.717) is 19.8 Å². The maximum Gasteiger partial charge on any atom is 0.150 e. The van der Waals surface area contributed by atoms with Gasteiger partial charge in [-0.3, -0.25) is 0 Å². The fourth-order valence-electron chi connectivity index (χ4n) is 3.88. The Morgan fingerprint density at radius 1 is 1.15 bits per heavy atom. The summed E-state index contributed by atoms with van der Waals surface area (Å²) in [6, 6.07) is 10.2. The summed E-state index contributed by atoms with van der Waals surface area (Å²) in [4.78, 5) is 0. The molecular weight excluding hydrogens is 340 g/mol. The van der Waals surface area contributed by atoms with E-state index < -0.39 is 0 Å². The standard InChI is InChI=1S/C23H34O4/c1-3-4-5-6-7-8-12-15-21-23(18-27-23)22(24-2)20(17-26-21)25-16-19-13-10-9-11-14-19/h9-15,20-22H,3-8,16-18H2,1-2H3/t20-,21+,22+,23+/m1/s1. The van der Waals surface area contributed by atoms with Gasteiger partial charge in [-0.2, -0.15) is 0 Å². The normalized spacial score (nSPS) is 30.2. The first-order valence-electron chi connectivity index (χ1n) is 10.4. The maximum atomic E-state index is 6.12. The minimum atomic E-state index is -0.382. The summed E-state index contributed by atoms with van der Waals surface area (Å²) < 4.78 is 23.9. The lowest BCUT2D eigenvalue weighted by Crippen LogP contribution is -2.56. The molecule has 27 heavy (non-hydrogen) atoms. The van der Waals surface area contributed by atoms with Crippen molar-refractivity contribution in [2.24, 2.45) is 0 Å². The first-order valence-corrected chi connectivity index (χ1v) is 10.4. The lowest BCUT2D eigenvalue weighted by Gasteiger charge is -2.39. The predicted octanol–water partition coefficient (Wildman–Crippen LogP) is 4.67. The van der Waals surface area contributed by atoms with E-state index in [-0.39, 0.29) is 23.9 Å². The van der Waals surface area contributed by atoms with Crippen LogP contribution in [0.3, 0.4) is 0 Å². The van der Waals surface area contributed by atoms with Crippen molar-refractivity contribution in [2.45, 2.75) is 76.0 Å². The van der Waals surface area contributed by atoms with E-state index in [2.05, 4.69) is 31.2 Å². The smallest absolute Gasteiger partial charge is 0.150 e. The fourth-order valence-corrected chi connectivity index (χ4v) is 3.88. The molecule has 2 saturated heterocycles. The fraction of sp³-hybridized carbons (Fsp3) is 0.652. The second-order valence-electron chi connectivity index (χ2n) is 7.62. The number of unbranched alkanes of at least 4 members (excludes halogenated alkanes) is 5. The Kier molecular flexibility index (Phi) is 7.89. The molecule has 4 heteroatoms. The molecule has 0 radical (unpaired) electrons. The number of hydrogen-bond acceptors (Lipinski definition) is 4. The molecule has 0 bridgehead atoms. The molecule has 2 fully saturated rings. The van der Waals surface area contributed by atoms with Gasteiger partial charge in [-0.05, 0) is 18.4 Å². The van der Waals surface area contributed by atoms with Gasteiger partial charge in [0.25, 0.3) is 0 Å². The lowest BCUT2D eigenvalue weighted by atomic mass is 9.89. The van der Waals surface area contributed by atoms with Crippen LogP contribution in [-0.4, -0.2) is 44.2 Å². The van der Waals surface area contributed by atoms with E-state index in [4.69, 9.17) is 18.9 Å². The van der Waals surface area contributed by atoms with E-state index in [1.54, 1.807) is 7.11 Å². The molecule has 1 spiro atoms. The molecule has 0 aliphatic carbocycles. The molecule has 4 atom stereocenters. The summed E-state index contributed by atoms with van der Waals surface area (Å²) >= 11 is 0. The van der Waals surface area contributed by atoms with Crippen LogP contribution in [0.15, 0.2) is 42.5 Å². The van der Waals surface area contributed by atoms with E-state index in [1.807, 2.05) is 18.2 Å². The Balaban J connectivity index is 1.49. The van der Waals surface area contributed by atoms with Gasteiger partial charge >= 0.3 is 0 Å². The van der Waals surface area contributed by atoms with Crippen LogP contribution in [0, 0.1) is 0 Å². The number of rotatable bonds is 11. The van der Waals surface area contributed by atoms with Gasteiger partial charge in [0.1, 0.15) is 23.9 Å². The van der Waals surface area contributed by atoms with Crippen molar-refractivity contribution in [3.05, 3.63) is 48.0 Å². The molecule has 1 aromatic carbocycles. The highest BCUT2D eigenvalue weighted by molar-refractivity contribution is 5.17. The van der Waals surface area contributed by atoms with Crippen LogP contribution in [-0.2, 0) is 25.6 Å². The third kappa shape index (κ3) is 5.41. The van der Waals surface area contributed by atoms with Crippen molar-refractivity contribution >= 4 is 0 Å². The highest BCUT2D eigenvalue weighted by Gasteiger charge is 2.63. The molecule has 0 amide bonds. The summed E-state index contributed by atoms with van der Waals surface area (Å²) in [6.07, 6.45) is 11.8. The van der Waals surface area contributed by atoms with Crippen LogP contribution in [0.1, 0.15) is 51.0 Å². The van der Waals surface area contributed by atoms with Crippen molar-refractivity contribution in [3.8, 4) is 0 Å². The average Bonchev–Trinajstić information content (AvgIpc) is 3.48. The van der Waals surface area contributed by atoms with Crippen molar-refractivity contribution in [1.82, 2.24) is 0 Å². The highest BCUT2D eigenvalue weighted by Crippen LogP contribution is 2.43. The van der Waals surface area contributed by atoms with E-state index in [1.165, 1.54) is 32.1 Å². The third-order valence-electron chi connectivity index (χ3n) is 5.56. The SMILES string of the molecule is CCCCCCCC=C[C@@H]1OC[C@@H](OCc2ccccc2)[C@H](OC)[C@]12CO2. The minimum Gasteiger partial charge on any atom is -0.375 e. The second kappa shape index (κ2) is 10.4. The first kappa shape index (κ1) is 20.5. The van der Waals surface area contributed by atoms with Crippen LogP contribution in [0.25, 0.3) is 0 Å². The maximum absolute atomic E-state index is 6.12. The van der Waals surface area contributed by atoms with Crippen LogP contribution in [0.5, 0.6) is 0 Å². The van der Waals surface area contributed by atoms with Gasteiger partial charge in [0.2, 0.25) is 0 Å². The van der Waals surface area contributed by atoms with E-state index >= 15 is 0 Å². The summed E-state index contributed by atoms with van der Waals surface area (Å²) in [5, 5.41) is 0. The largest absolute Gasteiger partial charge is 0.375 e. The molecule has 2 aliphatic heterocycles. The summed E-state index contributed by atoms with van der Waals surface area (Å²) in [5.41, 5.74) is 0.774. The zero-order valence-electron chi connectivity index (χ0n) is 16.8. The zero-order chi connectivity index (χ0) is 19.0. The van der Waals surface area contributed by atoms with Crippen LogP contribution >= 0.6 is 0 Å². The number of epoxide rings is 1. The van der Waals surface area contributed by atoms with Gasteiger partial charge in [0.15, 0.2) is 0 Å². The van der Waals surface area contributed by atoms with Gasteiger partial charge in [-0.1, -0.05) is 75.1 Å². The van der Waals surface area contributed by atoms with E-state index in [0.717, 1.165) is 12.0 Å². The lowest BCUT2D eigenvalue weighted by molar-refractivity contribution is -0.186. The molecule has 2 heterocycles. The second-order valence-corrected chi connectivity index (χ2v) is 7.62. The Bertz CT molecular complexity index is 567. The number of ether oxygens (including phenoxy) is 4. The molecule has 150 valence electrons. The summed E-state index contributed by atoms with van der Waals surface area (Å²) in [5.74, 6) is 0. The average molecular weight is 375 g/mol. The number of allylic oxidation sites excluding steroid dienone is 1. The Morgan fingerprint density at radius 2 is 1.93 bits per heavy atom. The predicted molar refractivity (Wildman–Crippen MR) is 107 cm³/mol. The van der Waals surface area contributed by atoms with Gasteiger partial charge in [-0.25, -0.2) is 0 Å². The number of methoxy groups -OCH3 is 1. The Morgan fingerprint density at radius 3 is 2.63 bits per heavy atom. The summed E-state index contributed by atoms with van der Waals surface area (Å²) in [6.45, 7) is 4.01. The molecule has 0 N–H and O–H groups in total. The van der Waals surface area contributed by atoms with Crippen molar-refractivity contribution < 1.29 is 18.9 Å². The topological polar surface area (TPSA) is 40.2 Å². The van der Waals surface area contributed by atoms with E-state index in [9.17, 15) is 0 Å². The third-order valence-corrected chi connectivity index (χ3v) is 5.56. The minimum absolute atomic E-state index is 0.0466. The van der Waals surface area contributed by atoms with Crippen molar-refractivity contribution in [2.75, 3.05) is 20.3 Å². The zero-order valence-corrected chi connectivity index (χ0v) is 16.8. The Hall–Kier alpha value is -1.20. The molecule has 0 unspecified atom stereocenters. The van der Waals surface area contributed by atoms with Gasteiger partial charge < -0.3 is 18.9 Å². The van der Waals surface area contributed by atoms with Crippen molar-refractivity contribution in [3.63, 3.8) is 0 Å². The van der Waals surface area contributed by atoms with Gasteiger partial charge in [0.05, 0.1) is 19.8 Å². The number of benzene rings is 1. The monoisotopic (exact) mass is 374 g/mol. The number of hydrogen-bond donors (Lipinski definition) is 0. The molecule has 0 saturated carbocycles. The quantitative estimate of drug-likeness (QED) is 0.321.